The maximum atomic E-state index is 12.8. The van der Waals surface area contributed by atoms with Gasteiger partial charge in [-0.3, -0.25) is 4.79 Å². The van der Waals surface area contributed by atoms with E-state index in [-0.39, 0.29) is 17.0 Å². The van der Waals surface area contributed by atoms with Crippen LogP contribution >= 0.6 is 11.8 Å². The predicted molar refractivity (Wildman–Crippen MR) is 89.5 cm³/mol. The van der Waals surface area contributed by atoms with E-state index < -0.39 is 0 Å². The van der Waals surface area contributed by atoms with E-state index in [1.807, 2.05) is 6.92 Å². The van der Waals surface area contributed by atoms with Gasteiger partial charge in [0.25, 0.3) is 0 Å². The highest BCUT2D eigenvalue weighted by Crippen LogP contribution is 2.27. The van der Waals surface area contributed by atoms with Gasteiger partial charge in [-0.1, -0.05) is 29.8 Å². The lowest BCUT2D eigenvalue weighted by molar-refractivity contribution is -0.120. The van der Waals surface area contributed by atoms with Gasteiger partial charge in [0.05, 0.1) is 5.25 Å². The summed E-state index contributed by atoms with van der Waals surface area (Å²) in [7, 11) is 0. The lowest BCUT2D eigenvalue weighted by atomic mass is 10.2. The van der Waals surface area contributed by atoms with Crippen molar-refractivity contribution in [1.29, 1.82) is 0 Å². The third-order valence-corrected chi connectivity index (χ3v) is 4.66. The average Bonchev–Trinajstić information content (AvgIpc) is 2.49. The molecular formula is C18H20FNOS. The molecule has 0 bridgehead atoms. The largest absolute Gasteiger partial charge is 0.351 e. The molecule has 0 aliphatic rings. The fraction of sp³-hybridized carbons (Fsp3) is 0.278. The van der Waals surface area contributed by atoms with Crippen molar-refractivity contribution in [3.05, 3.63) is 65.0 Å². The van der Waals surface area contributed by atoms with Gasteiger partial charge in [0, 0.05) is 11.4 Å². The van der Waals surface area contributed by atoms with Gasteiger partial charge in [0.2, 0.25) is 5.91 Å². The van der Waals surface area contributed by atoms with Crippen LogP contribution in [0.15, 0.2) is 47.4 Å². The Morgan fingerprint density at radius 2 is 1.86 bits per heavy atom. The van der Waals surface area contributed by atoms with Crippen LogP contribution in [-0.2, 0) is 11.3 Å². The standard InChI is InChI=1S/C18H20FNOS/c1-12-4-9-17(13(2)10-12)22-14(3)18(21)20-11-15-5-7-16(19)8-6-15/h4-10,14H,11H2,1-3H3,(H,20,21)/t14-/m1/s1. The van der Waals surface area contributed by atoms with Crippen molar-refractivity contribution in [2.45, 2.75) is 37.5 Å². The fourth-order valence-corrected chi connectivity index (χ4v) is 3.07. The van der Waals surface area contributed by atoms with Crippen molar-refractivity contribution in [1.82, 2.24) is 5.32 Å². The van der Waals surface area contributed by atoms with Gasteiger partial charge in [-0.15, -0.1) is 11.8 Å². The lowest BCUT2D eigenvalue weighted by Crippen LogP contribution is -2.30. The third-order valence-electron chi connectivity index (χ3n) is 3.38. The van der Waals surface area contributed by atoms with Crippen LogP contribution in [0.3, 0.4) is 0 Å². The van der Waals surface area contributed by atoms with Crippen molar-refractivity contribution in [2.24, 2.45) is 0 Å². The summed E-state index contributed by atoms with van der Waals surface area (Å²) in [5, 5.41) is 2.71. The molecule has 0 aliphatic carbocycles. The van der Waals surface area contributed by atoms with E-state index in [2.05, 4.69) is 37.4 Å². The van der Waals surface area contributed by atoms with Gasteiger partial charge >= 0.3 is 0 Å². The van der Waals surface area contributed by atoms with Crippen molar-refractivity contribution in [3.8, 4) is 0 Å². The summed E-state index contributed by atoms with van der Waals surface area (Å²) in [5.74, 6) is -0.289. The first-order chi connectivity index (χ1) is 10.5. The van der Waals surface area contributed by atoms with Crippen LogP contribution in [0.25, 0.3) is 0 Å². The Hall–Kier alpha value is -1.81. The SMILES string of the molecule is Cc1ccc(S[C@H](C)C(=O)NCc2ccc(F)cc2)c(C)c1. The highest BCUT2D eigenvalue weighted by molar-refractivity contribution is 8.00. The van der Waals surface area contributed by atoms with Gasteiger partial charge in [-0.2, -0.15) is 0 Å². The molecule has 1 amide bonds. The molecule has 0 fully saturated rings. The number of thioether (sulfide) groups is 1. The number of halogens is 1. The van der Waals surface area contributed by atoms with E-state index in [9.17, 15) is 9.18 Å². The molecular weight excluding hydrogens is 297 g/mol. The molecule has 4 heteroatoms. The van der Waals surface area contributed by atoms with Gasteiger partial charge in [-0.25, -0.2) is 4.39 Å². The summed E-state index contributed by atoms with van der Waals surface area (Å²) in [5.41, 5.74) is 3.29. The molecule has 0 unspecified atom stereocenters. The van der Waals surface area contributed by atoms with Crippen molar-refractivity contribution < 1.29 is 9.18 Å². The Labute approximate surface area is 135 Å². The molecule has 0 saturated heterocycles. The first-order valence-electron chi connectivity index (χ1n) is 7.22. The Bertz CT molecular complexity index is 655. The number of aryl methyl sites for hydroxylation is 2. The number of nitrogens with one attached hydrogen (secondary N) is 1. The van der Waals surface area contributed by atoms with Gasteiger partial charge < -0.3 is 5.32 Å². The maximum Gasteiger partial charge on any atom is 0.233 e. The smallest absolute Gasteiger partial charge is 0.233 e. The summed E-state index contributed by atoms with van der Waals surface area (Å²) in [6.45, 7) is 6.42. The summed E-state index contributed by atoms with van der Waals surface area (Å²) in [6.07, 6.45) is 0. The van der Waals surface area contributed by atoms with Crippen LogP contribution in [0.2, 0.25) is 0 Å². The average molecular weight is 317 g/mol. The third kappa shape index (κ3) is 4.60. The predicted octanol–water partition coefficient (Wildman–Crippen LogP) is 4.24. The molecule has 0 saturated carbocycles. The number of hydrogen-bond acceptors (Lipinski definition) is 2. The van der Waals surface area contributed by atoms with Crippen LogP contribution in [-0.4, -0.2) is 11.2 Å². The minimum atomic E-state index is -0.270. The van der Waals surface area contributed by atoms with Crippen LogP contribution in [0, 0.1) is 19.7 Å². The number of rotatable bonds is 5. The Kier molecular flexibility index (Phi) is 5.61. The monoisotopic (exact) mass is 317 g/mol. The van der Waals surface area contributed by atoms with Gasteiger partial charge in [0.1, 0.15) is 5.82 Å². The van der Waals surface area contributed by atoms with Crippen molar-refractivity contribution in [3.63, 3.8) is 0 Å². The van der Waals surface area contributed by atoms with Gasteiger partial charge in [0.15, 0.2) is 0 Å². The highest BCUT2D eigenvalue weighted by Gasteiger charge is 2.15. The molecule has 1 atom stereocenters. The number of hydrogen-bond donors (Lipinski definition) is 1. The molecule has 2 nitrogen and oxygen atoms in total. The van der Waals surface area contributed by atoms with Gasteiger partial charge in [-0.05, 0) is 50.1 Å². The summed E-state index contributed by atoms with van der Waals surface area (Å²) in [6, 6.07) is 12.4. The van der Waals surface area contributed by atoms with Crippen molar-refractivity contribution >= 4 is 17.7 Å². The highest BCUT2D eigenvalue weighted by atomic mass is 32.2. The first kappa shape index (κ1) is 16.6. The minimum Gasteiger partial charge on any atom is -0.351 e. The zero-order chi connectivity index (χ0) is 16.1. The van der Waals surface area contributed by atoms with E-state index in [1.165, 1.54) is 23.3 Å². The Morgan fingerprint density at radius 1 is 1.18 bits per heavy atom. The lowest BCUT2D eigenvalue weighted by Gasteiger charge is -2.14. The van der Waals surface area contributed by atoms with E-state index in [0.717, 1.165) is 10.5 Å². The van der Waals surface area contributed by atoms with Crippen LogP contribution in [0.5, 0.6) is 0 Å². The Balaban J connectivity index is 1.90. The normalized spacial score (nSPS) is 12.0. The van der Waals surface area contributed by atoms with E-state index in [0.29, 0.717) is 6.54 Å². The van der Waals surface area contributed by atoms with E-state index >= 15 is 0 Å². The molecule has 2 aromatic rings. The molecule has 0 aliphatic heterocycles. The second kappa shape index (κ2) is 7.45. The van der Waals surface area contributed by atoms with Crippen LogP contribution < -0.4 is 5.32 Å². The summed E-state index contributed by atoms with van der Waals surface area (Å²) >= 11 is 1.55. The quantitative estimate of drug-likeness (QED) is 0.836. The van der Waals surface area contributed by atoms with E-state index in [1.54, 1.807) is 23.9 Å². The zero-order valence-electron chi connectivity index (χ0n) is 13.0. The number of benzene rings is 2. The second-order valence-electron chi connectivity index (χ2n) is 5.37. The second-order valence-corrected chi connectivity index (χ2v) is 6.76. The molecule has 1 N–H and O–H groups in total. The van der Waals surface area contributed by atoms with Crippen LogP contribution in [0.4, 0.5) is 4.39 Å². The summed E-state index contributed by atoms with van der Waals surface area (Å²) < 4.78 is 12.8. The van der Waals surface area contributed by atoms with Crippen molar-refractivity contribution in [2.75, 3.05) is 0 Å². The fourth-order valence-electron chi connectivity index (χ4n) is 2.11. The number of carbonyl (C=O) groups excluding carboxylic acids is 1. The molecule has 0 aromatic heterocycles. The molecule has 22 heavy (non-hydrogen) atoms. The molecule has 0 spiro atoms. The number of carbonyl (C=O) groups is 1. The van der Waals surface area contributed by atoms with E-state index in [4.69, 9.17) is 0 Å². The topological polar surface area (TPSA) is 29.1 Å². The minimum absolute atomic E-state index is 0.0192. The molecule has 116 valence electrons. The maximum absolute atomic E-state index is 12.8. The zero-order valence-corrected chi connectivity index (χ0v) is 13.8. The molecule has 2 rings (SSSR count). The molecule has 0 radical (unpaired) electrons. The Morgan fingerprint density at radius 3 is 2.50 bits per heavy atom. The van der Waals surface area contributed by atoms with Crippen LogP contribution in [0.1, 0.15) is 23.6 Å². The summed E-state index contributed by atoms with van der Waals surface area (Å²) in [4.78, 5) is 13.3. The first-order valence-corrected chi connectivity index (χ1v) is 8.10. The molecule has 2 aromatic carbocycles. The number of amides is 1. The molecule has 0 heterocycles.